The van der Waals surface area contributed by atoms with Crippen molar-refractivity contribution in [2.24, 2.45) is 5.41 Å². The van der Waals surface area contributed by atoms with Crippen molar-refractivity contribution in [2.45, 2.75) is 59.1 Å². The molecule has 0 aromatic rings. The summed E-state index contributed by atoms with van der Waals surface area (Å²) in [6.07, 6.45) is 1.13. The number of rotatable bonds is 1. The zero-order valence-electron chi connectivity index (χ0n) is 12.8. The topological polar surface area (TPSA) is 55.8 Å². The molecule has 5 heteroatoms. The van der Waals surface area contributed by atoms with Gasteiger partial charge < -0.3 is 14.4 Å². The zero-order chi connectivity index (χ0) is 14.8. The molecule has 19 heavy (non-hydrogen) atoms. The number of hydrogen-bond acceptors (Lipinski definition) is 4. The average Bonchev–Trinajstić information content (AvgIpc) is 2.29. The molecule has 1 rings (SSSR count). The van der Waals surface area contributed by atoms with Crippen LogP contribution in [0.15, 0.2) is 0 Å². The van der Waals surface area contributed by atoms with Crippen LogP contribution in [-0.4, -0.2) is 42.3 Å². The zero-order valence-corrected chi connectivity index (χ0v) is 12.8. The third-order valence-corrected chi connectivity index (χ3v) is 3.47. The molecule has 1 amide bonds. The van der Waals surface area contributed by atoms with Crippen LogP contribution < -0.4 is 0 Å². The molecule has 0 radical (unpaired) electrons. The molecular formula is C14H25NO4. The van der Waals surface area contributed by atoms with Gasteiger partial charge in [-0.1, -0.05) is 0 Å². The normalized spacial score (nSPS) is 27.9. The van der Waals surface area contributed by atoms with E-state index in [0.29, 0.717) is 6.54 Å². The lowest BCUT2D eigenvalue weighted by molar-refractivity contribution is -0.155. The van der Waals surface area contributed by atoms with Gasteiger partial charge in [-0.05, 0) is 47.5 Å². The first-order valence-corrected chi connectivity index (χ1v) is 6.67. The molecule has 1 heterocycles. The third kappa shape index (κ3) is 3.85. The molecule has 0 aromatic carbocycles. The largest absolute Gasteiger partial charge is 0.469 e. The first-order valence-electron chi connectivity index (χ1n) is 6.67. The molecule has 110 valence electrons. The highest BCUT2D eigenvalue weighted by atomic mass is 16.6. The second-order valence-corrected chi connectivity index (χ2v) is 6.55. The Morgan fingerprint density at radius 1 is 1.32 bits per heavy atom. The van der Waals surface area contributed by atoms with Gasteiger partial charge in [-0.2, -0.15) is 0 Å². The molecule has 0 bridgehead atoms. The lowest BCUT2D eigenvalue weighted by atomic mass is 9.80. The summed E-state index contributed by atoms with van der Waals surface area (Å²) >= 11 is 0. The molecule has 0 aromatic heterocycles. The van der Waals surface area contributed by atoms with Crippen molar-refractivity contribution in [2.75, 3.05) is 13.7 Å². The van der Waals surface area contributed by atoms with Crippen LogP contribution in [0.2, 0.25) is 0 Å². The third-order valence-electron chi connectivity index (χ3n) is 3.47. The number of likely N-dealkylation sites (tertiary alicyclic amines) is 1. The average molecular weight is 271 g/mol. The molecule has 1 saturated heterocycles. The van der Waals surface area contributed by atoms with Gasteiger partial charge in [0.05, 0.1) is 12.5 Å². The van der Waals surface area contributed by atoms with Crippen molar-refractivity contribution in [3.05, 3.63) is 0 Å². The van der Waals surface area contributed by atoms with Crippen LogP contribution in [0.25, 0.3) is 0 Å². The second-order valence-electron chi connectivity index (χ2n) is 6.55. The monoisotopic (exact) mass is 271 g/mol. The summed E-state index contributed by atoms with van der Waals surface area (Å²) in [7, 11) is 1.38. The summed E-state index contributed by atoms with van der Waals surface area (Å²) in [4.78, 5) is 25.7. The van der Waals surface area contributed by atoms with Gasteiger partial charge in [-0.25, -0.2) is 4.79 Å². The van der Waals surface area contributed by atoms with E-state index in [2.05, 4.69) is 0 Å². The smallest absolute Gasteiger partial charge is 0.410 e. The van der Waals surface area contributed by atoms with Gasteiger partial charge in [0.1, 0.15) is 5.60 Å². The minimum atomic E-state index is -0.641. The number of esters is 1. The van der Waals surface area contributed by atoms with Crippen LogP contribution in [-0.2, 0) is 14.3 Å². The van der Waals surface area contributed by atoms with E-state index in [0.717, 1.165) is 12.8 Å². The molecule has 5 nitrogen and oxygen atoms in total. The molecule has 1 fully saturated rings. The van der Waals surface area contributed by atoms with Crippen LogP contribution in [0.1, 0.15) is 47.5 Å². The number of ether oxygens (including phenoxy) is 2. The van der Waals surface area contributed by atoms with Gasteiger partial charge >= 0.3 is 12.1 Å². The first kappa shape index (κ1) is 15.8. The second kappa shape index (κ2) is 5.39. The van der Waals surface area contributed by atoms with E-state index in [1.165, 1.54) is 7.11 Å². The lowest BCUT2D eigenvalue weighted by Gasteiger charge is -2.42. The molecule has 1 aliphatic heterocycles. The first-order chi connectivity index (χ1) is 8.59. The predicted molar refractivity (Wildman–Crippen MR) is 71.8 cm³/mol. The fourth-order valence-corrected chi connectivity index (χ4v) is 2.27. The summed E-state index contributed by atoms with van der Waals surface area (Å²) in [6, 6.07) is 0.0765. The fourth-order valence-electron chi connectivity index (χ4n) is 2.27. The van der Waals surface area contributed by atoms with Crippen LogP contribution in [0.4, 0.5) is 4.79 Å². The highest BCUT2D eigenvalue weighted by Crippen LogP contribution is 2.34. The summed E-state index contributed by atoms with van der Waals surface area (Å²) in [6.45, 7) is 9.65. The Labute approximate surface area is 115 Å². The van der Waals surface area contributed by atoms with E-state index in [9.17, 15) is 9.59 Å². The Balaban J connectivity index is 2.82. The Morgan fingerprint density at radius 3 is 2.37 bits per heavy atom. The van der Waals surface area contributed by atoms with Crippen LogP contribution >= 0.6 is 0 Å². The van der Waals surface area contributed by atoms with Gasteiger partial charge in [0.25, 0.3) is 0 Å². The van der Waals surface area contributed by atoms with Crippen molar-refractivity contribution in [3.8, 4) is 0 Å². The van der Waals surface area contributed by atoms with Crippen molar-refractivity contribution in [3.63, 3.8) is 0 Å². The van der Waals surface area contributed by atoms with Crippen molar-refractivity contribution >= 4 is 12.1 Å². The Kier molecular flexibility index (Phi) is 4.48. The molecule has 2 atom stereocenters. The molecule has 0 saturated carbocycles. The van der Waals surface area contributed by atoms with E-state index in [1.807, 2.05) is 34.6 Å². The number of amides is 1. The van der Waals surface area contributed by atoms with Crippen LogP contribution in [0.3, 0.4) is 0 Å². The maximum Gasteiger partial charge on any atom is 0.410 e. The number of piperidine rings is 1. The van der Waals surface area contributed by atoms with E-state index in [-0.39, 0.29) is 18.1 Å². The standard InChI is InChI=1S/C14H25NO4/c1-10-7-8-14(5,11(16)18-6)9-15(10)12(17)19-13(2,3)4/h10H,7-9H2,1-6H3/t10-,14+/m0/s1. The van der Waals surface area contributed by atoms with E-state index in [4.69, 9.17) is 9.47 Å². The van der Waals surface area contributed by atoms with Gasteiger partial charge in [-0.15, -0.1) is 0 Å². The number of carbonyl (C=O) groups is 2. The minimum Gasteiger partial charge on any atom is -0.469 e. The maximum atomic E-state index is 12.2. The summed E-state index contributed by atoms with van der Waals surface area (Å²) in [5.41, 5.74) is -1.17. The molecule has 0 spiro atoms. The Morgan fingerprint density at radius 2 is 1.89 bits per heavy atom. The molecule has 1 aliphatic rings. The number of nitrogens with zero attached hydrogens (tertiary/aromatic N) is 1. The molecule has 0 unspecified atom stereocenters. The van der Waals surface area contributed by atoms with Crippen molar-refractivity contribution < 1.29 is 19.1 Å². The predicted octanol–water partition coefficient (Wildman–Crippen LogP) is 2.59. The number of hydrogen-bond donors (Lipinski definition) is 0. The van der Waals surface area contributed by atoms with Crippen LogP contribution in [0.5, 0.6) is 0 Å². The highest BCUT2D eigenvalue weighted by molar-refractivity contribution is 5.78. The number of methoxy groups -OCH3 is 1. The number of carbonyl (C=O) groups excluding carboxylic acids is 2. The van der Waals surface area contributed by atoms with Crippen molar-refractivity contribution in [1.82, 2.24) is 4.90 Å². The summed E-state index contributed by atoms with van der Waals surface area (Å²) in [5.74, 6) is -0.270. The van der Waals surface area contributed by atoms with E-state index < -0.39 is 11.0 Å². The van der Waals surface area contributed by atoms with E-state index in [1.54, 1.807) is 4.90 Å². The van der Waals surface area contributed by atoms with E-state index >= 15 is 0 Å². The quantitative estimate of drug-likeness (QED) is 0.688. The summed E-state index contributed by atoms with van der Waals surface area (Å²) < 4.78 is 10.2. The Bertz CT molecular complexity index is 361. The Hall–Kier alpha value is -1.26. The SMILES string of the molecule is COC(=O)[C@]1(C)CC[C@H](C)N(C(=O)OC(C)(C)C)C1. The van der Waals surface area contributed by atoms with Gasteiger partial charge in [-0.3, -0.25) is 4.79 Å². The lowest BCUT2D eigenvalue weighted by Crippen LogP contribution is -2.53. The fraction of sp³-hybridized carbons (Fsp3) is 0.857. The molecular weight excluding hydrogens is 246 g/mol. The van der Waals surface area contributed by atoms with Crippen LogP contribution in [0, 0.1) is 5.41 Å². The minimum absolute atomic E-state index is 0.0765. The highest BCUT2D eigenvalue weighted by Gasteiger charge is 2.43. The van der Waals surface area contributed by atoms with Gasteiger partial charge in [0, 0.05) is 12.6 Å². The van der Waals surface area contributed by atoms with Gasteiger partial charge in [0.2, 0.25) is 0 Å². The maximum absolute atomic E-state index is 12.2. The van der Waals surface area contributed by atoms with Crippen molar-refractivity contribution in [1.29, 1.82) is 0 Å². The molecule has 0 aliphatic carbocycles. The summed E-state index contributed by atoms with van der Waals surface area (Å²) in [5, 5.41) is 0. The molecule has 0 N–H and O–H groups in total. The van der Waals surface area contributed by atoms with Gasteiger partial charge in [0.15, 0.2) is 0 Å².